The summed E-state index contributed by atoms with van der Waals surface area (Å²) in [6, 6.07) is 0. The quantitative estimate of drug-likeness (QED) is 0.695. The van der Waals surface area contributed by atoms with Crippen molar-refractivity contribution >= 4 is 5.91 Å². The molecule has 14 heavy (non-hydrogen) atoms. The zero-order valence-electron chi connectivity index (χ0n) is 8.50. The maximum Gasteiger partial charge on any atom is 0.226 e. The number of carbonyl (C=O) groups excluding carboxylic acids is 1. The van der Waals surface area contributed by atoms with Gasteiger partial charge in [-0.1, -0.05) is 0 Å². The van der Waals surface area contributed by atoms with Crippen LogP contribution in [0.25, 0.3) is 0 Å². The molecule has 80 valence electrons. The van der Waals surface area contributed by atoms with Crippen LogP contribution in [0.5, 0.6) is 0 Å². The lowest BCUT2D eigenvalue weighted by Gasteiger charge is -2.24. The van der Waals surface area contributed by atoms with E-state index in [1.54, 1.807) is 0 Å². The second-order valence-corrected chi connectivity index (χ2v) is 4.01. The van der Waals surface area contributed by atoms with Gasteiger partial charge in [-0.3, -0.25) is 10.1 Å². The third-order valence-corrected chi connectivity index (χ3v) is 2.89. The van der Waals surface area contributed by atoms with Crippen molar-refractivity contribution in [3.8, 4) is 0 Å². The lowest BCUT2D eigenvalue weighted by Crippen LogP contribution is -2.34. The monoisotopic (exact) mass is 198 g/mol. The molecular formula is C10H18N2O2. The summed E-state index contributed by atoms with van der Waals surface area (Å²) >= 11 is 0. The van der Waals surface area contributed by atoms with E-state index in [1.807, 2.05) is 4.90 Å². The molecule has 0 saturated carbocycles. The van der Waals surface area contributed by atoms with Crippen molar-refractivity contribution in [2.75, 3.05) is 26.4 Å². The van der Waals surface area contributed by atoms with Gasteiger partial charge in [0.25, 0.3) is 0 Å². The molecule has 1 unspecified atom stereocenters. The second kappa shape index (κ2) is 4.75. The van der Waals surface area contributed by atoms with E-state index in [0.29, 0.717) is 13.1 Å². The van der Waals surface area contributed by atoms with E-state index in [2.05, 4.69) is 5.32 Å². The molecule has 4 nitrogen and oxygen atoms in total. The van der Waals surface area contributed by atoms with Crippen LogP contribution in [-0.4, -0.2) is 43.3 Å². The van der Waals surface area contributed by atoms with Crippen LogP contribution in [0.4, 0.5) is 0 Å². The van der Waals surface area contributed by atoms with Crippen LogP contribution >= 0.6 is 0 Å². The van der Waals surface area contributed by atoms with Crippen molar-refractivity contribution in [1.82, 2.24) is 10.2 Å². The Morgan fingerprint density at radius 1 is 1.50 bits per heavy atom. The molecule has 1 amide bonds. The van der Waals surface area contributed by atoms with Crippen LogP contribution in [0.15, 0.2) is 0 Å². The van der Waals surface area contributed by atoms with E-state index in [1.165, 1.54) is 6.42 Å². The molecule has 2 fully saturated rings. The maximum atomic E-state index is 11.7. The summed E-state index contributed by atoms with van der Waals surface area (Å²) in [7, 11) is 0. The molecule has 2 heterocycles. The smallest absolute Gasteiger partial charge is 0.226 e. The van der Waals surface area contributed by atoms with Gasteiger partial charge in [0, 0.05) is 19.7 Å². The molecule has 0 aromatic heterocycles. The largest absolute Gasteiger partial charge is 0.378 e. The molecule has 0 aliphatic carbocycles. The molecule has 0 bridgehead atoms. The minimum atomic E-state index is 0.178. The maximum absolute atomic E-state index is 11.7. The first-order valence-corrected chi connectivity index (χ1v) is 5.46. The highest BCUT2D eigenvalue weighted by atomic mass is 16.5. The van der Waals surface area contributed by atoms with Gasteiger partial charge in [-0.2, -0.15) is 0 Å². The zero-order valence-corrected chi connectivity index (χ0v) is 8.50. The highest BCUT2D eigenvalue weighted by molar-refractivity contribution is 5.76. The van der Waals surface area contributed by atoms with Crippen molar-refractivity contribution in [1.29, 1.82) is 0 Å². The number of amides is 1. The van der Waals surface area contributed by atoms with E-state index in [0.717, 1.165) is 32.5 Å². The highest BCUT2D eigenvalue weighted by Gasteiger charge is 2.23. The summed E-state index contributed by atoms with van der Waals surface area (Å²) in [6.07, 6.45) is 4.15. The van der Waals surface area contributed by atoms with E-state index in [4.69, 9.17) is 4.74 Å². The molecule has 0 aromatic carbocycles. The van der Waals surface area contributed by atoms with Crippen molar-refractivity contribution in [2.45, 2.75) is 31.8 Å². The molecule has 2 saturated heterocycles. The summed E-state index contributed by atoms with van der Waals surface area (Å²) in [5.74, 6) is 0.238. The van der Waals surface area contributed by atoms with Gasteiger partial charge in [-0.15, -0.1) is 0 Å². The van der Waals surface area contributed by atoms with Crippen LogP contribution < -0.4 is 5.32 Å². The molecule has 1 atom stereocenters. The van der Waals surface area contributed by atoms with E-state index >= 15 is 0 Å². The number of hydrogen-bond acceptors (Lipinski definition) is 3. The lowest BCUT2D eigenvalue weighted by atomic mass is 10.1. The van der Waals surface area contributed by atoms with E-state index in [9.17, 15) is 4.79 Å². The number of ether oxygens (including phenoxy) is 1. The van der Waals surface area contributed by atoms with Crippen molar-refractivity contribution in [2.24, 2.45) is 0 Å². The van der Waals surface area contributed by atoms with Crippen molar-refractivity contribution < 1.29 is 9.53 Å². The Hall–Kier alpha value is -0.610. The van der Waals surface area contributed by atoms with Gasteiger partial charge in [-0.05, 0) is 19.3 Å². The fourth-order valence-corrected chi connectivity index (χ4v) is 2.01. The molecule has 2 rings (SSSR count). The molecule has 4 heteroatoms. The normalized spacial score (nSPS) is 28.0. The number of carbonyl (C=O) groups is 1. The predicted molar refractivity (Wildman–Crippen MR) is 52.8 cm³/mol. The van der Waals surface area contributed by atoms with Gasteiger partial charge in [0.15, 0.2) is 0 Å². The number of hydrogen-bond donors (Lipinski definition) is 1. The standard InChI is InChI=1S/C10H18N2O2/c13-10(12-5-4-11-8-12)7-9-3-1-2-6-14-9/h9,11H,1-8H2. The van der Waals surface area contributed by atoms with Gasteiger partial charge in [0.05, 0.1) is 19.2 Å². The Morgan fingerprint density at radius 3 is 3.07 bits per heavy atom. The number of nitrogens with one attached hydrogen (secondary N) is 1. The second-order valence-electron chi connectivity index (χ2n) is 4.01. The van der Waals surface area contributed by atoms with Crippen LogP contribution in [0.1, 0.15) is 25.7 Å². The topological polar surface area (TPSA) is 41.6 Å². The minimum absolute atomic E-state index is 0.178. The molecule has 0 aromatic rings. The molecule has 0 spiro atoms. The Morgan fingerprint density at radius 2 is 2.43 bits per heavy atom. The predicted octanol–water partition coefficient (Wildman–Crippen LogP) is 0.335. The number of rotatable bonds is 2. The summed E-state index contributed by atoms with van der Waals surface area (Å²) in [5, 5.41) is 3.15. The zero-order chi connectivity index (χ0) is 9.80. The Balaban J connectivity index is 1.75. The average Bonchev–Trinajstić information content (AvgIpc) is 2.72. The first-order valence-electron chi connectivity index (χ1n) is 5.46. The van der Waals surface area contributed by atoms with Crippen molar-refractivity contribution in [3.63, 3.8) is 0 Å². The minimum Gasteiger partial charge on any atom is -0.378 e. The van der Waals surface area contributed by atoms with Gasteiger partial charge >= 0.3 is 0 Å². The fourth-order valence-electron chi connectivity index (χ4n) is 2.01. The van der Waals surface area contributed by atoms with Crippen LogP contribution in [0.3, 0.4) is 0 Å². The van der Waals surface area contributed by atoms with Gasteiger partial charge < -0.3 is 9.64 Å². The molecule has 0 radical (unpaired) electrons. The Bertz CT molecular complexity index is 196. The SMILES string of the molecule is O=C(CC1CCCCO1)N1CCNC1. The van der Waals surface area contributed by atoms with Gasteiger partial charge in [0.1, 0.15) is 0 Å². The highest BCUT2D eigenvalue weighted by Crippen LogP contribution is 2.16. The first kappa shape index (κ1) is 9.93. The summed E-state index contributed by atoms with van der Waals surface area (Å²) in [6.45, 7) is 3.32. The fraction of sp³-hybridized carbons (Fsp3) is 0.900. The van der Waals surface area contributed by atoms with Crippen molar-refractivity contribution in [3.05, 3.63) is 0 Å². The third-order valence-electron chi connectivity index (χ3n) is 2.89. The van der Waals surface area contributed by atoms with Crippen LogP contribution in [0.2, 0.25) is 0 Å². The first-order chi connectivity index (χ1) is 6.86. The summed E-state index contributed by atoms with van der Waals surface area (Å²) in [5.41, 5.74) is 0. The molecular weight excluding hydrogens is 180 g/mol. The Labute approximate surface area is 84.6 Å². The summed E-state index contributed by atoms with van der Waals surface area (Å²) in [4.78, 5) is 13.6. The lowest BCUT2D eigenvalue weighted by molar-refractivity contribution is -0.134. The van der Waals surface area contributed by atoms with E-state index < -0.39 is 0 Å². The third kappa shape index (κ3) is 2.45. The average molecular weight is 198 g/mol. The van der Waals surface area contributed by atoms with E-state index in [-0.39, 0.29) is 12.0 Å². The molecule has 1 N–H and O–H groups in total. The Kier molecular flexibility index (Phi) is 3.37. The van der Waals surface area contributed by atoms with Crippen LogP contribution in [0, 0.1) is 0 Å². The van der Waals surface area contributed by atoms with Gasteiger partial charge in [-0.25, -0.2) is 0 Å². The summed E-state index contributed by atoms with van der Waals surface area (Å²) < 4.78 is 5.54. The molecule has 2 aliphatic heterocycles. The molecule has 2 aliphatic rings. The van der Waals surface area contributed by atoms with Gasteiger partial charge in [0.2, 0.25) is 5.91 Å². The van der Waals surface area contributed by atoms with Crippen LogP contribution in [-0.2, 0) is 9.53 Å². The number of nitrogens with zero attached hydrogens (tertiary/aromatic N) is 1.